The highest BCUT2D eigenvalue weighted by Gasteiger charge is 2.15. The fourth-order valence-corrected chi connectivity index (χ4v) is 2.23. The molecule has 0 saturated carbocycles. The van der Waals surface area contributed by atoms with Crippen LogP contribution in [-0.2, 0) is 13.1 Å². The molecule has 2 aromatic rings. The number of halogens is 3. The van der Waals surface area contributed by atoms with E-state index in [0.717, 1.165) is 0 Å². The minimum Gasteiger partial charge on any atom is -0.375 e. The quantitative estimate of drug-likeness (QED) is 0.922. The summed E-state index contributed by atoms with van der Waals surface area (Å²) < 4.78 is 29.3. The molecular formula is C14H16ClF2N3. The first-order chi connectivity index (χ1) is 9.45. The van der Waals surface area contributed by atoms with Gasteiger partial charge in [-0.3, -0.25) is 4.68 Å². The van der Waals surface area contributed by atoms with E-state index in [-0.39, 0.29) is 12.2 Å². The van der Waals surface area contributed by atoms with Crippen LogP contribution in [0.25, 0.3) is 0 Å². The van der Waals surface area contributed by atoms with Gasteiger partial charge in [0.05, 0.1) is 23.0 Å². The molecule has 1 N–H and O–H groups in total. The van der Waals surface area contributed by atoms with Crippen molar-refractivity contribution in [2.45, 2.75) is 33.9 Å². The summed E-state index contributed by atoms with van der Waals surface area (Å²) in [5, 5.41) is 7.55. The summed E-state index contributed by atoms with van der Waals surface area (Å²) in [6.07, 6.45) is 0. The average molecular weight is 300 g/mol. The van der Waals surface area contributed by atoms with Crippen molar-refractivity contribution in [2.24, 2.45) is 0 Å². The Balaban J connectivity index is 2.28. The number of benzene rings is 1. The number of hydrogen-bond donors (Lipinski definition) is 1. The highest BCUT2D eigenvalue weighted by molar-refractivity contribution is 6.31. The maximum Gasteiger partial charge on any atom is 0.152 e. The van der Waals surface area contributed by atoms with Crippen molar-refractivity contribution in [3.05, 3.63) is 45.7 Å². The summed E-state index contributed by atoms with van der Waals surface area (Å²) in [6.45, 7) is 6.17. The van der Waals surface area contributed by atoms with Gasteiger partial charge in [-0.05, 0) is 32.4 Å². The first kappa shape index (κ1) is 14.8. The monoisotopic (exact) mass is 299 g/mol. The van der Waals surface area contributed by atoms with Crippen LogP contribution in [0.2, 0.25) is 5.02 Å². The van der Waals surface area contributed by atoms with Crippen LogP contribution < -0.4 is 5.32 Å². The zero-order chi connectivity index (χ0) is 14.9. The number of anilines is 1. The lowest BCUT2D eigenvalue weighted by Crippen LogP contribution is -2.10. The van der Waals surface area contributed by atoms with Crippen LogP contribution in [0.3, 0.4) is 0 Å². The zero-order valence-corrected chi connectivity index (χ0v) is 12.4. The van der Waals surface area contributed by atoms with E-state index in [9.17, 15) is 8.78 Å². The van der Waals surface area contributed by atoms with Gasteiger partial charge < -0.3 is 5.32 Å². The Morgan fingerprint density at radius 1 is 1.30 bits per heavy atom. The molecule has 3 nitrogen and oxygen atoms in total. The van der Waals surface area contributed by atoms with Gasteiger partial charge in [0, 0.05) is 6.54 Å². The largest absolute Gasteiger partial charge is 0.375 e. The molecule has 108 valence electrons. The Morgan fingerprint density at radius 2 is 2.00 bits per heavy atom. The molecule has 2 rings (SSSR count). The fourth-order valence-electron chi connectivity index (χ4n) is 2.03. The number of hydrogen-bond acceptors (Lipinski definition) is 2. The molecule has 1 aromatic carbocycles. The standard InChI is InChI=1S/C14H16ClF2N3/c1-4-20-11(12(15)9(3)19-20)7-18-14-10(16)6-5-8(2)13(14)17/h5-6,18H,4,7H2,1-3H3. The van der Waals surface area contributed by atoms with Crippen molar-refractivity contribution in [1.82, 2.24) is 9.78 Å². The van der Waals surface area contributed by atoms with Crippen LogP contribution in [0.4, 0.5) is 14.5 Å². The molecule has 0 amide bonds. The first-order valence-electron chi connectivity index (χ1n) is 6.36. The molecule has 1 aromatic heterocycles. The first-order valence-corrected chi connectivity index (χ1v) is 6.73. The summed E-state index contributed by atoms with van der Waals surface area (Å²) in [5.74, 6) is -1.20. The van der Waals surface area contributed by atoms with Gasteiger partial charge in [-0.2, -0.15) is 5.10 Å². The van der Waals surface area contributed by atoms with E-state index >= 15 is 0 Å². The summed E-state index contributed by atoms with van der Waals surface area (Å²) in [6, 6.07) is 2.65. The van der Waals surface area contributed by atoms with Crippen LogP contribution in [0, 0.1) is 25.5 Å². The molecule has 0 atom stereocenters. The second-order valence-electron chi connectivity index (χ2n) is 4.57. The molecule has 0 radical (unpaired) electrons. The second kappa shape index (κ2) is 5.79. The minimum atomic E-state index is -0.622. The van der Waals surface area contributed by atoms with E-state index < -0.39 is 11.6 Å². The molecule has 0 unspecified atom stereocenters. The Bertz CT molecular complexity index is 638. The van der Waals surface area contributed by atoms with Gasteiger partial charge in [-0.15, -0.1) is 0 Å². The normalized spacial score (nSPS) is 10.9. The molecule has 0 saturated heterocycles. The number of nitrogens with one attached hydrogen (secondary N) is 1. The minimum absolute atomic E-state index is 0.137. The molecular weight excluding hydrogens is 284 g/mol. The van der Waals surface area contributed by atoms with Crippen LogP contribution >= 0.6 is 11.6 Å². The Kier molecular flexibility index (Phi) is 4.28. The number of rotatable bonds is 4. The second-order valence-corrected chi connectivity index (χ2v) is 4.95. The predicted molar refractivity (Wildman–Crippen MR) is 76.1 cm³/mol. The highest BCUT2D eigenvalue weighted by Crippen LogP contribution is 2.25. The average Bonchev–Trinajstić information content (AvgIpc) is 2.70. The van der Waals surface area contributed by atoms with E-state index in [0.29, 0.717) is 28.5 Å². The molecule has 20 heavy (non-hydrogen) atoms. The lowest BCUT2D eigenvalue weighted by atomic mass is 10.2. The Labute approximate surface area is 121 Å². The Morgan fingerprint density at radius 3 is 2.65 bits per heavy atom. The van der Waals surface area contributed by atoms with E-state index in [1.54, 1.807) is 18.5 Å². The zero-order valence-electron chi connectivity index (χ0n) is 11.6. The third-order valence-electron chi connectivity index (χ3n) is 3.17. The van der Waals surface area contributed by atoms with Crippen LogP contribution in [-0.4, -0.2) is 9.78 Å². The van der Waals surface area contributed by atoms with Crippen LogP contribution in [0.15, 0.2) is 12.1 Å². The van der Waals surface area contributed by atoms with Crippen molar-refractivity contribution in [1.29, 1.82) is 0 Å². The van der Waals surface area contributed by atoms with Gasteiger partial charge in [-0.25, -0.2) is 8.78 Å². The maximum atomic E-state index is 13.9. The van der Waals surface area contributed by atoms with E-state index in [2.05, 4.69) is 10.4 Å². The van der Waals surface area contributed by atoms with Gasteiger partial charge in [0.1, 0.15) is 11.5 Å². The molecule has 0 fully saturated rings. The lowest BCUT2D eigenvalue weighted by molar-refractivity contribution is 0.579. The molecule has 0 aliphatic carbocycles. The highest BCUT2D eigenvalue weighted by atomic mass is 35.5. The predicted octanol–water partition coefficient (Wildman–Crippen LogP) is 4.06. The van der Waals surface area contributed by atoms with E-state index in [1.165, 1.54) is 12.1 Å². The SMILES string of the molecule is CCn1nc(C)c(Cl)c1CNc1c(F)ccc(C)c1F. The Hall–Kier alpha value is -1.62. The van der Waals surface area contributed by atoms with Crippen molar-refractivity contribution in [2.75, 3.05) is 5.32 Å². The summed E-state index contributed by atoms with van der Waals surface area (Å²) >= 11 is 6.16. The van der Waals surface area contributed by atoms with Crippen LogP contribution in [0.5, 0.6) is 0 Å². The van der Waals surface area contributed by atoms with Gasteiger partial charge in [-0.1, -0.05) is 17.7 Å². The van der Waals surface area contributed by atoms with Gasteiger partial charge in [0.25, 0.3) is 0 Å². The summed E-state index contributed by atoms with van der Waals surface area (Å²) in [7, 11) is 0. The number of aryl methyl sites for hydroxylation is 3. The van der Waals surface area contributed by atoms with Gasteiger partial charge in [0.2, 0.25) is 0 Å². The maximum absolute atomic E-state index is 13.9. The molecule has 6 heteroatoms. The molecule has 0 bridgehead atoms. The third-order valence-corrected chi connectivity index (χ3v) is 3.66. The number of nitrogens with zero attached hydrogens (tertiary/aromatic N) is 2. The van der Waals surface area contributed by atoms with E-state index in [1.807, 2.05) is 6.92 Å². The van der Waals surface area contributed by atoms with Crippen molar-refractivity contribution in [3.63, 3.8) is 0 Å². The van der Waals surface area contributed by atoms with Gasteiger partial charge in [0.15, 0.2) is 5.82 Å². The number of aromatic nitrogens is 2. The van der Waals surface area contributed by atoms with Crippen molar-refractivity contribution < 1.29 is 8.78 Å². The van der Waals surface area contributed by atoms with Crippen molar-refractivity contribution in [3.8, 4) is 0 Å². The third kappa shape index (κ3) is 2.63. The summed E-state index contributed by atoms with van der Waals surface area (Å²) in [5.41, 5.74) is 1.67. The molecule has 0 aliphatic rings. The molecule has 0 spiro atoms. The van der Waals surface area contributed by atoms with E-state index in [4.69, 9.17) is 11.6 Å². The fraction of sp³-hybridized carbons (Fsp3) is 0.357. The van der Waals surface area contributed by atoms with Gasteiger partial charge >= 0.3 is 0 Å². The smallest absolute Gasteiger partial charge is 0.152 e. The molecule has 1 heterocycles. The van der Waals surface area contributed by atoms with Crippen LogP contribution in [0.1, 0.15) is 23.9 Å². The molecule has 0 aliphatic heterocycles. The lowest BCUT2D eigenvalue weighted by Gasteiger charge is -2.11. The topological polar surface area (TPSA) is 29.9 Å². The summed E-state index contributed by atoms with van der Waals surface area (Å²) in [4.78, 5) is 0. The van der Waals surface area contributed by atoms with Crippen molar-refractivity contribution >= 4 is 17.3 Å².